The molecule has 100 valence electrons. The van der Waals surface area contributed by atoms with Crippen LogP contribution in [-0.4, -0.2) is 24.5 Å². The van der Waals surface area contributed by atoms with Gasteiger partial charge in [0.2, 0.25) is 5.91 Å². The number of aromatic nitrogens is 1. The number of nitrogens with one attached hydrogen (secondary N) is 2. The Morgan fingerprint density at radius 2 is 2.11 bits per heavy atom. The van der Waals surface area contributed by atoms with Crippen molar-refractivity contribution < 1.29 is 4.79 Å². The van der Waals surface area contributed by atoms with Gasteiger partial charge in [-0.15, -0.1) is 0 Å². The maximum atomic E-state index is 11.6. The highest BCUT2D eigenvalue weighted by Crippen LogP contribution is 2.20. The molecule has 6 heteroatoms. The van der Waals surface area contributed by atoms with Crippen molar-refractivity contribution in [3.63, 3.8) is 0 Å². The zero-order valence-electron chi connectivity index (χ0n) is 10.7. The van der Waals surface area contributed by atoms with Crippen LogP contribution in [0.3, 0.4) is 0 Å². The van der Waals surface area contributed by atoms with Crippen LogP contribution in [0.25, 0.3) is 0 Å². The topological polar surface area (TPSA) is 54.0 Å². The highest BCUT2D eigenvalue weighted by molar-refractivity contribution is 9.11. The van der Waals surface area contributed by atoms with E-state index < -0.39 is 5.41 Å². The second-order valence-corrected chi connectivity index (χ2v) is 6.42. The van der Waals surface area contributed by atoms with Crippen LogP contribution in [0.1, 0.15) is 19.5 Å². The molecule has 0 aliphatic carbocycles. The number of halogens is 2. The summed E-state index contributed by atoms with van der Waals surface area (Å²) >= 11 is 6.82. The molecule has 0 spiro atoms. The Kier molecular flexibility index (Phi) is 5.75. The zero-order valence-corrected chi connectivity index (χ0v) is 13.9. The summed E-state index contributed by atoms with van der Waals surface area (Å²) in [5, 5.41) is 5.91. The van der Waals surface area contributed by atoms with E-state index in [4.69, 9.17) is 0 Å². The van der Waals surface area contributed by atoms with Gasteiger partial charge in [-0.05, 0) is 51.8 Å². The van der Waals surface area contributed by atoms with E-state index in [0.717, 1.165) is 14.6 Å². The summed E-state index contributed by atoms with van der Waals surface area (Å²) in [5.41, 5.74) is 0.488. The standard InChI is InChI=1S/C12H17Br2N3O/c1-12(2,11(18)15-3)7-16-6-10-9(14)4-8(13)5-17-10/h4-5,16H,6-7H2,1-3H3,(H,15,18). The summed E-state index contributed by atoms with van der Waals surface area (Å²) in [6.45, 7) is 5.02. The number of carbonyl (C=O) groups is 1. The molecule has 0 saturated heterocycles. The maximum absolute atomic E-state index is 11.6. The molecule has 4 nitrogen and oxygen atoms in total. The number of pyridine rings is 1. The lowest BCUT2D eigenvalue weighted by atomic mass is 9.92. The van der Waals surface area contributed by atoms with Crippen molar-refractivity contribution in [2.24, 2.45) is 5.41 Å². The Morgan fingerprint density at radius 3 is 2.67 bits per heavy atom. The van der Waals surface area contributed by atoms with Gasteiger partial charge >= 0.3 is 0 Å². The first-order valence-electron chi connectivity index (χ1n) is 5.59. The average molecular weight is 379 g/mol. The minimum Gasteiger partial charge on any atom is -0.359 e. The molecule has 0 radical (unpaired) electrons. The van der Waals surface area contributed by atoms with Gasteiger partial charge in [-0.2, -0.15) is 0 Å². The average Bonchev–Trinajstić information content (AvgIpc) is 2.30. The molecule has 1 rings (SSSR count). The molecular weight excluding hydrogens is 362 g/mol. The Balaban J connectivity index is 2.54. The fourth-order valence-electron chi connectivity index (χ4n) is 1.49. The van der Waals surface area contributed by atoms with Crippen molar-refractivity contribution in [1.82, 2.24) is 15.6 Å². The van der Waals surface area contributed by atoms with E-state index in [-0.39, 0.29) is 5.91 Å². The molecule has 0 atom stereocenters. The van der Waals surface area contributed by atoms with Crippen LogP contribution in [-0.2, 0) is 11.3 Å². The quantitative estimate of drug-likeness (QED) is 0.827. The van der Waals surface area contributed by atoms with Crippen molar-refractivity contribution in [2.75, 3.05) is 13.6 Å². The monoisotopic (exact) mass is 377 g/mol. The Morgan fingerprint density at radius 1 is 1.44 bits per heavy atom. The van der Waals surface area contributed by atoms with Gasteiger partial charge in [0, 0.05) is 35.3 Å². The van der Waals surface area contributed by atoms with Gasteiger partial charge in [0.05, 0.1) is 11.1 Å². The molecule has 0 aromatic carbocycles. The number of rotatable bonds is 5. The van der Waals surface area contributed by atoms with Crippen molar-refractivity contribution in [3.05, 3.63) is 26.9 Å². The van der Waals surface area contributed by atoms with Crippen LogP contribution in [0, 0.1) is 5.41 Å². The second-order valence-electron chi connectivity index (χ2n) is 4.65. The van der Waals surface area contributed by atoms with E-state index in [1.807, 2.05) is 19.9 Å². The van der Waals surface area contributed by atoms with Crippen molar-refractivity contribution in [2.45, 2.75) is 20.4 Å². The molecule has 0 saturated carbocycles. The van der Waals surface area contributed by atoms with Crippen LogP contribution in [0.4, 0.5) is 0 Å². The first-order valence-corrected chi connectivity index (χ1v) is 7.18. The van der Waals surface area contributed by atoms with E-state index >= 15 is 0 Å². The lowest BCUT2D eigenvalue weighted by Gasteiger charge is -2.22. The molecule has 0 aliphatic heterocycles. The molecule has 0 fully saturated rings. The highest BCUT2D eigenvalue weighted by Gasteiger charge is 2.25. The first-order chi connectivity index (χ1) is 8.36. The second kappa shape index (κ2) is 6.63. The fourth-order valence-corrected chi connectivity index (χ4v) is 2.61. The van der Waals surface area contributed by atoms with Gasteiger partial charge in [-0.1, -0.05) is 0 Å². The Hall–Kier alpha value is -0.460. The molecular formula is C12H17Br2N3O. The Bertz CT molecular complexity index is 435. The molecule has 18 heavy (non-hydrogen) atoms. The van der Waals surface area contributed by atoms with Crippen LogP contribution in [0.2, 0.25) is 0 Å². The summed E-state index contributed by atoms with van der Waals surface area (Å²) in [6.07, 6.45) is 1.76. The van der Waals surface area contributed by atoms with Crippen LogP contribution >= 0.6 is 31.9 Å². The molecule has 0 aliphatic rings. The molecule has 0 bridgehead atoms. The van der Waals surface area contributed by atoms with Crippen molar-refractivity contribution in [1.29, 1.82) is 0 Å². The minimum absolute atomic E-state index is 0.0258. The van der Waals surface area contributed by atoms with E-state index in [2.05, 4.69) is 47.5 Å². The number of hydrogen-bond donors (Lipinski definition) is 2. The van der Waals surface area contributed by atoms with Gasteiger partial charge in [-0.3, -0.25) is 9.78 Å². The summed E-state index contributed by atoms with van der Waals surface area (Å²) < 4.78 is 1.88. The summed E-state index contributed by atoms with van der Waals surface area (Å²) in [4.78, 5) is 15.9. The molecule has 0 unspecified atom stereocenters. The lowest BCUT2D eigenvalue weighted by molar-refractivity contribution is -0.128. The Labute approximate surface area is 124 Å². The van der Waals surface area contributed by atoms with E-state index in [0.29, 0.717) is 13.1 Å². The predicted octanol–water partition coefficient (Wildman–Crippen LogP) is 2.47. The SMILES string of the molecule is CNC(=O)C(C)(C)CNCc1ncc(Br)cc1Br. The summed E-state index contributed by atoms with van der Waals surface area (Å²) in [5.74, 6) is 0.0258. The van der Waals surface area contributed by atoms with Crippen LogP contribution in [0.5, 0.6) is 0 Å². The van der Waals surface area contributed by atoms with Gasteiger partial charge in [0.1, 0.15) is 0 Å². The summed E-state index contributed by atoms with van der Waals surface area (Å²) in [6, 6.07) is 1.95. The van der Waals surface area contributed by atoms with Crippen LogP contribution < -0.4 is 10.6 Å². The minimum atomic E-state index is -0.434. The third-order valence-electron chi connectivity index (χ3n) is 2.59. The number of carbonyl (C=O) groups excluding carboxylic acids is 1. The van der Waals surface area contributed by atoms with Crippen molar-refractivity contribution in [3.8, 4) is 0 Å². The predicted molar refractivity (Wildman–Crippen MR) is 79.2 cm³/mol. The third kappa shape index (κ3) is 4.33. The normalized spacial score (nSPS) is 11.4. The summed E-state index contributed by atoms with van der Waals surface area (Å²) in [7, 11) is 1.65. The number of amides is 1. The molecule has 1 amide bonds. The largest absolute Gasteiger partial charge is 0.359 e. The highest BCUT2D eigenvalue weighted by atomic mass is 79.9. The smallest absolute Gasteiger partial charge is 0.226 e. The molecule has 1 heterocycles. The number of nitrogens with zero attached hydrogens (tertiary/aromatic N) is 1. The van der Waals surface area contributed by atoms with Gasteiger partial charge in [0.25, 0.3) is 0 Å². The third-order valence-corrected chi connectivity index (χ3v) is 3.71. The lowest BCUT2D eigenvalue weighted by Crippen LogP contribution is -2.41. The van der Waals surface area contributed by atoms with Gasteiger partial charge < -0.3 is 10.6 Å². The fraction of sp³-hybridized carbons (Fsp3) is 0.500. The van der Waals surface area contributed by atoms with E-state index in [1.54, 1.807) is 13.2 Å². The van der Waals surface area contributed by atoms with E-state index in [9.17, 15) is 4.79 Å². The molecule has 1 aromatic heterocycles. The van der Waals surface area contributed by atoms with Crippen LogP contribution in [0.15, 0.2) is 21.2 Å². The van der Waals surface area contributed by atoms with Crippen molar-refractivity contribution >= 4 is 37.8 Å². The maximum Gasteiger partial charge on any atom is 0.226 e. The van der Waals surface area contributed by atoms with Gasteiger partial charge in [0.15, 0.2) is 0 Å². The number of hydrogen-bond acceptors (Lipinski definition) is 3. The first kappa shape index (κ1) is 15.6. The molecule has 2 N–H and O–H groups in total. The molecule has 1 aromatic rings. The van der Waals surface area contributed by atoms with E-state index in [1.165, 1.54) is 0 Å². The zero-order chi connectivity index (χ0) is 13.8. The van der Waals surface area contributed by atoms with Gasteiger partial charge in [-0.25, -0.2) is 0 Å².